The third kappa shape index (κ3) is 8.30. The monoisotopic (exact) mass is 536 g/mol. The number of carbonyl (C=O) groups is 3. The van der Waals surface area contributed by atoms with Gasteiger partial charge >= 0.3 is 12.1 Å². The number of methoxy groups -OCH3 is 1. The van der Waals surface area contributed by atoms with Gasteiger partial charge in [-0.1, -0.05) is 115 Å². The summed E-state index contributed by atoms with van der Waals surface area (Å²) in [6.07, 6.45) is -0.289. The fourth-order valence-electron chi connectivity index (χ4n) is 4.27. The van der Waals surface area contributed by atoms with Gasteiger partial charge in [0.2, 0.25) is 5.91 Å². The third-order valence-electron chi connectivity index (χ3n) is 6.41. The van der Waals surface area contributed by atoms with Gasteiger partial charge in [0.05, 0.1) is 7.11 Å². The number of rotatable bonds is 11. The Balaban J connectivity index is 1.45. The molecule has 2 atom stereocenters. The zero-order valence-electron chi connectivity index (χ0n) is 22.3. The molecule has 0 aliphatic carbocycles. The minimum atomic E-state index is -0.974. The molecule has 7 heteroatoms. The van der Waals surface area contributed by atoms with Crippen molar-refractivity contribution in [2.24, 2.45) is 0 Å². The number of hydrogen-bond acceptors (Lipinski definition) is 5. The maximum Gasteiger partial charge on any atom is 0.408 e. The number of nitrogens with one attached hydrogen (secondary N) is 2. The third-order valence-corrected chi connectivity index (χ3v) is 6.41. The predicted octanol–water partition coefficient (Wildman–Crippen LogP) is 5.09. The Hall–Kier alpha value is -4.91. The summed E-state index contributed by atoms with van der Waals surface area (Å²) in [7, 11) is 1.28. The van der Waals surface area contributed by atoms with Crippen molar-refractivity contribution in [2.45, 2.75) is 31.5 Å². The molecule has 0 radical (unpaired) electrons. The standard InChI is InChI=1S/C33H32N2O5/c1-39-32(37)30(22-25-17-19-28(20-18-25)27-15-9-4-10-16-27)34-31(36)29(21-24-11-5-2-6-12-24)35-33(38)40-23-26-13-7-3-8-14-26/h2-20,29-30H,21-23H2,1H3,(H,34,36)(H,35,38)/t29-,30-/m0/s1. The molecule has 2 amide bonds. The van der Waals surface area contributed by atoms with Crippen molar-refractivity contribution in [2.75, 3.05) is 7.11 Å². The molecule has 204 valence electrons. The van der Waals surface area contributed by atoms with Crippen LogP contribution in [0.2, 0.25) is 0 Å². The van der Waals surface area contributed by atoms with Crippen molar-refractivity contribution in [3.8, 4) is 11.1 Å². The summed E-state index contributed by atoms with van der Waals surface area (Å²) in [5, 5.41) is 5.44. The average Bonchev–Trinajstić information content (AvgIpc) is 3.00. The topological polar surface area (TPSA) is 93.7 Å². The van der Waals surface area contributed by atoms with E-state index in [1.165, 1.54) is 7.11 Å². The van der Waals surface area contributed by atoms with E-state index in [1.807, 2.05) is 115 Å². The van der Waals surface area contributed by atoms with Crippen LogP contribution in [0.15, 0.2) is 115 Å². The van der Waals surface area contributed by atoms with E-state index in [4.69, 9.17) is 9.47 Å². The Labute approximate surface area is 234 Å². The van der Waals surface area contributed by atoms with E-state index in [9.17, 15) is 14.4 Å². The highest BCUT2D eigenvalue weighted by Crippen LogP contribution is 2.20. The fourth-order valence-corrected chi connectivity index (χ4v) is 4.27. The predicted molar refractivity (Wildman–Crippen MR) is 153 cm³/mol. The van der Waals surface area contributed by atoms with Gasteiger partial charge in [-0.2, -0.15) is 0 Å². The number of carbonyl (C=O) groups excluding carboxylic acids is 3. The zero-order chi connectivity index (χ0) is 28.2. The quantitative estimate of drug-likeness (QED) is 0.261. The molecule has 0 saturated carbocycles. The summed E-state index contributed by atoms with van der Waals surface area (Å²) in [4.78, 5) is 38.7. The molecule has 0 aromatic heterocycles. The largest absolute Gasteiger partial charge is 0.467 e. The first-order chi connectivity index (χ1) is 19.5. The van der Waals surface area contributed by atoms with Gasteiger partial charge in [-0.3, -0.25) is 4.79 Å². The van der Waals surface area contributed by atoms with Gasteiger partial charge in [0, 0.05) is 12.8 Å². The molecule has 0 aliphatic rings. The Morgan fingerprint density at radius 1 is 0.600 bits per heavy atom. The first kappa shape index (κ1) is 28.1. The lowest BCUT2D eigenvalue weighted by molar-refractivity contribution is -0.145. The van der Waals surface area contributed by atoms with Crippen LogP contribution in [0.3, 0.4) is 0 Å². The van der Waals surface area contributed by atoms with Crippen LogP contribution in [0.5, 0.6) is 0 Å². The molecule has 0 heterocycles. The number of hydrogen-bond donors (Lipinski definition) is 2. The van der Waals surface area contributed by atoms with E-state index >= 15 is 0 Å². The molecule has 7 nitrogen and oxygen atoms in total. The SMILES string of the molecule is COC(=O)[C@H](Cc1ccc(-c2ccccc2)cc1)NC(=O)[C@H](Cc1ccccc1)NC(=O)OCc1ccccc1. The van der Waals surface area contributed by atoms with Gasteiger partial charge in [0.1, 0.15) is 18.7 Å². The highest BCUT2D eigenvalue weighted by molar-refractivity contribution is 5.90. The molecule has 2 N–H and O–H groups in total. The summed E-state index contributed by atoms with van der Waals surface area (Å²) in [5.74, 6) is -1.09. The van der Waals surface area contributed by atoms with Crippen LogP contribution in [0.25, 0.3) is 11.1 Å². The highest BCUT2D eigenvalue weighted by atomic mass is 16.5. The molecular formula is C33H32N2O5. The van der Waals surface area contributed by atoms with Crippen molar-refractivity contribution in [3.05, 3.63) is 132 Å². The van der Waals surface area contributed by atoms with Crippen molar-refractivity contribution in [1.82, 2.24) is 10.6 Å². The van der Waals surface area contributed by atoms with E-state index in [2.05, 4.69) is 10.6 Å². The van der Waals surface area contributed by atoms with Gasteiger partial charge in [0.15, 0.2) is 0 Å². The molecule has 0 fully saturated rings. The zero-order valence-corrected chi connectivity index (χ0v) is 22.3. The van der Waals surface area contributed by atoms with E-state index < -0.39 is 30.1 Å². The van der Waals surface area contributed by atoms with Gasteiger partial charge in [-0.05, 0) is 27.8 Å². The molecule has 0 bridgehead atoms. The average molecular weight is 537 g/mol. The second-order valence-electron chi connectivity index (χ2n) is 9.30. The van der Waals surface area contributed by atoms with Crippen molar-refractivity contribution in [3.63, 3.8) is 0 Å². The highest BCUT2D eigenvalue weighted by Gasteiger charge is 2.28. The second kappa shape index (κ2) is 14.3. The fraction of sp³-hybridized carbons (Fsp3) is 0.182. The molecular weight excluding hydrogens is 504 g/mol. The molecule has 4 aromatic carbocycles. The number of amides is 2. The lowest BCUT2D eigenvalue weighted by Gasteiger charge is -2.22. The van der Waals surface area contributed by atoms with Crippen LogP contribution in [-0.2, 0) is 38.5 Å². The number of ether oxygens (including phenoxy) is 2. The van der Waals surface area contributed by atoms with Gasteiger partial charge in [0.25, 0.3) is 0 Å². The van der Waals surface area contributed by atoms with Crippen LogP contribution in [-0.4, -0.2) is 37.2 Å². The van der Waals surface area contributed by atoms with Gasteiger partial charge < -0.3 is 20.1 Å². The van der Waals surface area contributed by atoms with Gasteiger partial charge in [-0.15, -0.1) is 0 Å². The van der Waals surface area contributed by atoms with Crippen molar-refractivity contribution < 1.29 is 23.9 Å². The lowest BCUT2D eigenvalue weighted by Crippen LogP contribution is -2.53. The molecule has 0 unspecified atom stereocenters. The molecule has 0 spiro atoms. The van der Waals surface area contributed by atoms with Crippen LogP contribution in [0, 0.1) is 0 Å². The maximum absolute atomic E-state index is 13.4. The summed E-state index contributed by atoms with van der Waals surface area (Å²) < 4.78 is 10.3. The number of alkyl carbamates (subject to hydrolysis) is 1. The smallest absolute Gasteiger partial charge is 0.408 e. The normalized spacial score (nSPS) is 12.0. The number of benzene rings is 4. The summed E-state index contributed by atoms with van der Waals surface area (Å²) >= 11 is 0. The Kier molecular flexibility index (Phi) is 10.0. The molecule has 0 aliphatic heterocycles. The molecule has 4 aromatic rings. The van der Waals surface area contributed by atoms with Crippen molar-refractivity contribution >= 4 is 18.0 Å². The van der Waals surface area contributed by atoms with E-state index in [-0.39, 0.29) is 19.4 Å². The van der Waals surface area contributed by atoms with E-state index in [1.54, 1.807) is 0 Å². The second-order valence-corrected chi connectivity index (χ2v) is 9.30. The Bertz CT molecular complexity index is 1380. The van der Waals surface area contributed by atoms with E-state index in [0.29, 0.717) is 0 Å². The van der Waals surface area contributed by atoms with Crippen LogP contribution >= 0.6 is 0 Å². The van der Waals surface area contributed by atoms with Crippen LogP contribution < -0.4 is 10.6 Å². The maximum atomic E-state index is 13.4. The van der Waals surface area contributed by atoms with Crippen molar-refractivity contribution in [1.29, 1.82) is 0 Å². The van der Waals surface area contributed by atoms with Crippen LogP contribution in [0.4, 0.5) is 4.79 Å². The van der Waals surface area contributed by atoms with Gasteiger partial charge in [-0.25, -0.2) is 9.59 Å². The van der Waals surface area contributed by atoms with Crippen LogP contribution in [0.1, 0.15) is 16.7 Å². The molecule has 4 rings (SSSR count). The van der Waals surface area contributed by atoms with E-state index in [0.717, 1.165) is 27.8 Å². The lowest BCUT2D eigenvalue weighted by atomic mass is 10.00. The first-order valence-corrected chi connectivity index (χ1v) is 13.1. The Morgan fingerprint density at radius 3 is 1.70 bits per heavy atom. The minimum absolute atomic E-state index is 0.0656. The molecule has 0 saturated heterocycles. The Morgan fingerprint density at radius 2 is 1.10 bits per heavy atom. The summed E-state index contributed by atoms with van der Waals surface area (Å²) in [5.41, 5.74) is 4.65. The minimum Gasteiger partial charge on any atom is -0.467 e. The summed E-state index contributed by atoms with van der Waals surface area (Å²) in [6, 6.07) is 34.4. The molecule has 40 heavy (non-hydrogen) atoms. The summed E-state index contributed by atoms with van der Waals surface area (Å²) in [6.45, 7) is 0.0656. The first-order valence-electron chi connectivity index (χ1n) is 13.1. The number of esters is 1.